The third kappa shape index (κ3) is 4.91. The van der Waals surface area contributed by atoms with Crippen LogP contribution in [0.2, 0.25) is 0 Å². The van der Waals surface area contributed by atoms with Crippen LogP contribution >= 0.6 is 11.3 Å². The molecular formula is C19H14F4N2OS. The zero-order valence-corrected chi connectivity index (χ0v) is 14.7. The van der Waals surface area contributed by atoms with Crippen molar-refractivity contribution >= 4 is 17.2 Å². The van der Waals surface area contributed by atoms with E-state index in [0.717, 1.165) is 23.9 Å². The van der Waals surface area contributed by atoms with Crippen LogP contribution in [0.4, 0.5) is 17.6 Å². The quantitative estimate of drug-likeness (QED) is 0.623. The highest BCUT2D eigenvalue weighted by Crippen LogP contribution is 2.31. The van der Waals surface area contributed by atoms with Gasteiger partial charge in [-0.3, -0.25) is 4.79 Å². The molecule has 0 saturated carbocycles. The molecule has 0 aliphatic rings. The fourth-order valence-corrected chi connectivity index (χ4v) is 3.25. The first kappa shape index (κ1) is 19.0. The number of nitrogens with one attached hydrogen (secondary N) is 1. The highest BCUT2D eigenvalue weighted by Gasteiger charge is 2.30. The number of alkyl halides is 3. The van der Waals surface area contributed by atoms with Crippen molar-refractivity contribution in [3.63, 3.8) is 0 Å². The van der Waals surface area contributed by atoms with Gasteiger partial charge in [-0.05, 0) is 30.3 Å². The van der Waals surface area contributed by atoms with Crippen molar-refractivity contribution in [2.24, 2.45) is 0 Å². The molecule has 3 rings (SSSR count). The zero-order chi connectivity index (χ0) is 19.4. The van der Waals surface area contributed by atoms with Crippen LogP contribution in [-0.2, 0) is 12.6 Å². The lowest BCUT2D eigenvalue weighted by atomic mass is 10.1. The molecule has 0 spiro atoms. The fourth-order valence-electron chi connectivity index (χ4n) is 2.39. The summed E-state index contributed by atoms with van der Waals surface area (Å²) in [4.78, 5) is 16.3. The molecule has 0 aliphatic heterocycles. The maximum absolute atomic E-state index is 13.1. The molecule has 3 aromatic rings. The number of amides is 1. The van der Waals surface area contributed by atoms with Crippen molar-refractivity contribution < 1.29 is 22.4 Å². The molecule has 27 heavy (non-hydrogen) atoms. The molecule has 0 radical (unpaired) electrons. The zero-order valence-electron chi connectivity index (χ0n) is 13.9. The predicted octanol–water partition coefficient (Wildman–Crippen LogP) is 4.94. The Morgan fingerprint density at radius 1 is 1.11 bits per heavy atom. The normalized spacial score (nSPS) is 11.4. The Labute approximate surface area is 156 Å². The van der Waals surface area contributed by atoms with Gasteiger partial charge in [-0.1, -0.05) is 18.2 Å². The lowest BCUT2D eigenvalue weighted by Gasteiger charge is -2.06. The van der Waals surface area contributed by atoms with Gasteiger partial charge < -0.3 is 5.32 Å². The molecule has 0 bridgehead atoms. The minimum atomic E-state index is -4.37. The topological polar surface area (TPSA) is 42.0 Å². The molecule has 0 atom stereocenters. The van der Waals surface area contributed by atoms with Gasteiger partial charge >= 0.3 is 6.18 Å². The maximum Gasteiger partial charge on any atom is 0.416 e. The third-order valence-corrected chi connectivity index (χ3v) is 4.70. The lowest BCUT2D eigenvalue weighted by molar-refractivity contribution is -0.137. The van der Waals surface area contributed by atoms with E-state index in [1.54, 1.807) is 5.38 Å². The van der Waals surface area contributed by atoms with Crippen molar-refractivity contribution in [1.82, 2.24) is 10.3 Å². The summed E-state index contributed by atoms with van der Waals surface area (Å²) >= 11 is 1.32. The van der Waals surface area contributed by atoms with Gasteiger partial charge in [0.1, 0.15) is 10.8 Å². The van der Waals surface area contributed by atoms with Gasteiger partial charge in [0, 0.05) is 29.5 Å². The van der Waals surface area contributed by atoms with Gasteiger partial charge in [-0.25, -0.2) is 9.37 Å². The molecule has 140 valence electrons. The summed E-state index contributed by atoms with van der Waals surface area (Å²) in [6.07, 6.45) is -3.91. The number of rotatable bonds is 5. The van der Waals surface area contributed by atoms with Gasteiger partial charge in [0.25, 0.3) is 5.91 Å². The second-order valence-electron chi connectivity index (χ2n) is 5.74. The Bertz CT molecular complexity index is 935. The number of carbonyl (C=O) groups excluding carboxylic acids is 1. The molecule has 2 aromatic carbocycles. The first-order valence-electron chi connectivity index (χ1n) is 7.99. The van der Waals surface area contributed by atoms with E-state index in [4.69, 9.17) is 0 Å². The summed E-state index contributed by atoms with van der Waals surface area (Å²) in [5.41, 5.74) is 0.847. The number of thiazole rings is 1. The summed E-state index contributed by atoms with van der Waals surface area (Å²) < 4.78 is 50.9. The standard InChI is InChI=1S/C19H14F4N2OS/c20-15-3-1-2-13(10-15)17(26)24-9-8-16-11-27-18(25-16)12-4-6-14(7-5-12)19(21,22)23/h1-7,10-11H,8-9H2,(H,24,26). The average Bonchev–Trinajstić information content (AvgIpc) is 3.10. The number of nitrogens with zero attached hydrogens (tertiary/aromatic N) is 1. The van der Waals surface area contributed by atoms with Crippen molar-refractivity contribution in [3.8, 4) is 10.6 Å². The van der Waals surface area contributed by atoms with Crippen molar-refractivity contribution in [3.05, 3.63) is 76.5 Å². The maximum atomic E-state index is 13.1. The van der Waals surface area contributed by atoms with Crippen LogP contribution in [-0.4, -0.2) is 17.4 Å². The van der Waals surface area contributed by atoms with Gasteiger partial charge in [0.2, 0.25) is 0 Å². The van der Waals surface area contributed by atoms with Crippen LogP contribution in [0.25, 0.3) is 10.6 Å². The molecule has 0 aliphatic carbocycles. The molecule has 0 saturated heterocycles. The molecule has 1 N–H and O–H groups in total. The smallest absolute Gasteiger partial charge is 0.352 e. The minimum Gasteiger partial charge on any atom is -0.352 e. The predicted molar refractivity (Wildman–Crippen MR) is 95.0 cm³/mol. The number of aromatic nitrogens is 1. The summed E-state index contributed by atoms with van der Waals surface area (Å²) in [6.45, 7) is 0.311. The van der Waals surface area contributed by atoms with Gasteiger partial charge in [0.05, 0.1) is 11.3 Å². The van der Waals surface area contributed by atoms with E-state index in [2.05, 4.69) is 10.3 Å². The highest BCUT2D eigenvalue weighted by atomic mass is 32.1. The number of carbonyl (C=O) groups is 1. The van der Waals surface area contributed by atoms with E-state index in [9.17, 15) is 22.4 Å². The van der Waals surface area contributed by atoms with Gasteiger partial charge in [-0.2, -0.15) is 13.2 Å². The van der Waals surface area contributed by atoms with Crippen molar-refractivity contribution in [2.75, 3.05) is 6.54 Å². The minimum absolute atomic E-state index is 0.235. The lowest BCUT2D eigenvalue weighted by Crippen LogP contribution is -2.25. The number of benzene rings is 2. The second kappa shape index (κ2) is 7.87. The molecule has 1 aromatic heterocycles. The van der Waals surface area contributed by atoms with Crippen LogP contribution in [0.3, 0.4) is 0 Å². The summed E-state index contributed by atoms with van der Waals surface area (Å²) in [5.74, 6) is -0.865. The van der Waals surface area contributed by atoms with Gasteiger partial charge in [-0.15, -0.1) is 11.3 Å². The monoisotopic (exact) mass is 394 g/mol. The Balaban J connectivity index is 1.57. The Morgan fingerprint density at radius 3 is 2.52 bits per heavy atom. The Kier molecular flexibility index (Phi) is 5.55. The molecule has 3 nitrogen and oxygen atoms in total. The van der Waals surface area contributed by atoms with Crippen LogP contribution in [0.15, 0.2) is 53.9 Å². The molecule has 1 amide bonds. The molecule has 0 unspecified atom stereocenters. The van der Waals surface area contributed by atoms with E-state index < -0.39 is 17.6 Å². The summed E-state index contributed by atoms with van der Waals surface area (Å²) in [7, 11) is 0. The summed E-state index contributed by atoms with van der Waals surface area (Å²) in [6, 6.07) is 10.2. The fraction of sp³-hybridized carbons (Fsp3) is 0.158. The van der Waals surface area contributed by atoms with E-state index >= 15 is 0 Å². The Morgan fingerprint density at radius 2 is 1.85 bits per heavy atom. The molecule has 1 heterocycles. The highest BCUT2D eigenvalue weighted by molar-refractivity contribution is 7.13. The summed E-state index contributed by atoms with van der Waals surface area (Å²) in [5, 5.41) is 5.08. The third-order valence-electron chi connectivity index (χ3n) is 3.76. The SMILES string of the molecule is O=C(NCCc1csc(-c2ccc(C(F)(F)F)cc2)n1)c1cccc(F)c1. The van der Waals surface area contributed by atoms with Crippen LogP contribution in [0.5, 0.6) is 0 Å². The van der Waals surface area contributed by atoms with Crippen LogP contribution in [0, 0.1) is 5.82 Å². The van der Waals surface area contributed by atoms with E-state index in [-0.39, 0.29) is 11.5 Å². The van der Waals surface area contributed by atoms with E-state index in [1.807, 2.05) is 0 Å². The molecule has 8 heteroatoms. The number of halogens is 4. The van der Waals surface area contributed by atoms with E-state index in [0.29, 0.717) is 23.5 Å². The van der Waals surface area contributed by atoms with Crippen LogP contribution in [0.1, 0.15) is 21.6 Å². The Hall–Kier alpha value is -2.74. The van der Waals surface area contributed by atoms with Crippen molar-refractivity contribution in [2.45, 2.75) is 12.6 Å². The van der Waals surface area contributed by atoms with Crippen molar-refractivity contribution in [1.29, 1.82) is 0 Å². The van der Waals surface area contributed by atoms with Crippen LogP contribution < -0.4 is 5.32 Å². The average molecular weight is 394 g/mol. The number of hydrogen-bond donors (Lipinski definition) is 1. The second-order valence-corrected chi connectivity index (χ2v) is 6.59. The molecule has 0 fully saturated rings. The first-order chi connectivity index (χ1) is 12.8. The van der Waals surface area contributed by atoms with E-state index in [1.165, 1.54) is 41.7 Å². The number of hydrogen-bond acceptors (Lipinski definition) is 3. The molecular weight excluding hydrogens is 380 g/mol. The largest absolute Gasteiger partial charge is 0.416 e. The first-order valence-corrected chi connectivity index (χ1v) is 8.87. The van der Waals surface area contributed by atoms with Gasteiger partial charge in [0.15, 0.2) is 0 Å².